The van der Waals surface area contributed by atoms with Crippen molar-refractivity contribution >= 4 is 21.8 Å². The maximum Gasteiger partial charge on any atom is 0.296 e. The first-order valence-corrected chi connectivity index (χ1v) is 8.32. The van der Waals surface area contributed by atoms with Crippen LogP contribution in [0.15, 0.2) is 47.6 Å². The maximum absolute atomic E-state index is 11.0. The van der Waals surface area contributed by atoms with E-state index in [1.165, 1.54) is 12.3 Å². The molecule has 1 aliphatic heterocycles. The van der Waals surface area contributed by atoms with Gasteiger partial charge >= 0.3 is 0 Å². The lowest BCUT2D eigenvalue weighted by Crippen LogP contribution is -2.47. The van der Waals surface area contributed by atoms with Crippen molar-refractivity contribution < 1.29 is 13.0 Å². The van der Waals surface area contributed by atoms with Crippen molar-refractivity contribution in [1.82, 2.24) is 9.97 Å². The second-order valence-electron chi connectivity index (χ2n) is 4.99. The molecule has 0 aliphatic carbocycles. The number of hydrogen-bond acceptors (Lipinski definition) is 6. The number of pyridine rings is 2. The Morgan fingerprint density at radius 3 is 2.00 bits per heavy atom. The lowest BCUT2D eigenvalue weighted by atomic mass is 10.3. The van der Waals surface area contributed by atoms with Gasteiger partial charge in [0.15, 0.2) is 0 Å². The van der Waals surface area contributed by atoms with Gasteiger partial charge in [-0.15, -0.1) is 0 Å². The van der Waals surface area contributed by atoms with Crippen molar-refractivity contribution in [1.29, 1.82) is 0 Å². The maximum atomic E-state index is 11.0. The van der Waals surface area contributed by atoms with Gasteiger partial charge in [0.2, 0.25) is 0 Å². The summed E-state index contributed by atoms with van der Waals surface area (Å²) < 4.78 is 31.0. The van der Waals surface area contributed by atoms with E-state index in [-0.39, 0.29) is 4.90 Å². The summed E-state index contributed by atoms with van der Waals surface area (Å²) in [4.78, 5) is 12.5. The topological polar surface area (TPSA) is 86.6 Å². The number of nitrogens with zero attached hydrogens (tertiary/aromatic N) is 4. The fourth-order valence-corrected chi connectivity index (χ4v) is 2.84. The van der Waals surface area contributed by atoms with E-state index in [2.05, 4.69) is 19.8 Å². The molecule has 1 aliphatic rings. The summed E-state index contributed by atoms with van der Waals surface area (Å²) in [5.41, 5.74) is 0. The molecule has 7 nitrogen and oxygen atoms in total. The molecule has 0 unspecified atom stereocenters. The Kier molecular flexibility index (Phi) is 3.95. The lowest BCUT2D eigenvalue weighted by molar-refractivity contribution is 0.482. The number of hydrogen-bond donors (Lipinski definition) is 1. The summed E-state index contributed by atoms with van der Waals surface area (Å²) in [6, 6.07) is 8.81. The minimum Gasteiger partial charge on any atom is -0.353 e. The molecule has 8 heteroatoms. The fraction of sp³-hybridized carbons (Fsp3) is 0.286. The molecule has 0 radical (unpaired) electrons. The zero-order valence-corrected chi connectivity index (χ0v) is 12.6. The highest BCUT2D eigenvalue weighted by Crippen LogP contribution is 2.18. The highest BCUT2D eigenvalue weighted by molar-refractivity contribution is 7.85. The van der Waals surface area contributed by atoms with Crippen LogP contribution in [0.2, 0.25) is 0 Å². The zero-order chi connectivity index (χ0) is 15.6. The van der Waals surface area contributed by atoms with Gasteiger partial charge < -0.3 is 9.80 Å². The molecule has 0 aromatic carbocycles. The summed E-state index contributed by atoms with van der Waals surface area (Å²) >= 11 is 0. The third-order valence-corrected chi connectivity index (χ3v) is 4.43. The van der Waals surface area contributed by atoms with Gasteiger partial charge in [-0.3, -0.25) is 4.55 Å². The second-order valence-corrected chi connectivity index (χ2v) is 6.41. The number of rotatable bonds is 3. The van der Waals surface area contributed by atoms with Crippen molar-refractivity contribution in [3.8, 4) is 0 Å². The third kappa shape index (κ3) is 3.18. The Hall–Kier alpha value is -2.19. The van der Waals surface area contributed by atoms with Crippen LogP contribution < -0.4 is 9.80 Å². The summed E-state index contributed by atoms with van der Waals surface area (Å²) in [6.45, 7) is 3.18. The van der Waals surface area contributed by atoms with Crippen LogP contribution in [0.5, 0.6) is 0 Å². The molecule has 1 saturated heterocycles. The summed E-state index contributed by atoms with van der Waals surface area (Å²) in [6.07, 6.45) is 2.95. The monoisotopic (exact) mass is 320 g/mol. The molecule has 1 fully saturated rings. The molecular weight excluding hydrogens is 304 g/mol. The van der Waals surface area contributed by atoms with Crippen molar-refractivity contribution in [3.63, 3.8) is 0 Å². The SMILES string of the molecule is O=S(=O)(O)c1ccc(N2CCN(c3ccccn3)CC2)nc1. The Bertz CT molecular complexity index is 726. The minimum atomic E-state index is -4.19. The number of anilines is 2. The van der Waals surface area contributed by atoms with Crippen LogP contribution in [-0.2, 0) is 10.1 Å². The standard InChI is InChI=1S/C14H16N4O3S/c19-22(20,21)12-4-5-14(16-11-12)18-9-7-17(8-10-18)13-3-1-2-6-15-13/h1-6,11H,7-10H2,(H,19,20,21). The Morgan fingerprint density at radius 2 is 1.55 bits per heavy atom. The Labute approximate surface area is 129 Å². The first-order valence-electron chi connectivity index (χ1n) is 6.88. The molecule has 2 aromatic heterocycles. The molecule has 0 amide bonds. The third-order valence-electron chi connectivity index (χ3n) is 3.60. The van der Waals surface area contributed by atoms with Crippen LogP contribution in [0.3, 0.4) is 0 Å². The summed E-state index contributed by atoms with van der Waals surface area (Å²) in [5.74, 6) is 1.66. The quantitative estimate of drug-likeness (QED) is 0.846. The van der Waals surface area contributed by atoms with Crippen LogP contribution in [0, 0.1) is 0 Å². The van der Waals surface area contributed by atoms with Crippen molar-refractivity contribution in [2.75, 3.05) is 36.0 Å². The van der Waals surface area contributed by atoms with E-state index < -0.39 is 10.1 Å². The van der Waals surface area contributed by atoms with Gasteiger partial charge in [0, 0.05) is 32.4 Å². The largest absolute Gasteiger partial charge is 0.353 e. The molecule has 0 bridgehead atoms. The molecule has 116 valence electrons. The normalized spacial score (nSPS) is 15.9. The first-order chi connectivity index (χ1) is 10.5. The van der Waals surface area contributed by atoms with Crippen LogP contribution in [0.4, 0.5) is 11.6 Å². The van der Waals surface area contributed by atoms with E-state index in [4.69, 9.17) is 4.55 Å². The molecule has 2 aromatic rings. The molecule has 22 heavy (non-hydrogen) atoms. The molecule has 3 rings (SSSR count). The average Bonchev–Trinajstić information content (AvgIpc) is 2.55. The van der Waals surface area contributed by atoms with Gasteiger partial charge in [-0.2, -0.15) is 8.42 Å². The Balaban J connectivity index is 1.66. The van der Waals surface area contributed by atoms with E-state index in [9.17, 15) is 8.42 Å². The molecule has 0 atom stereocenters. The smallest absolute Gasteiger partial charge is 0.296 e. The number of piperazine rings is 1. The average molecular weight is 320 g/mol. The summed E-state index contributed by atoms with van der Waals surface area (Å²) in [5, 5.41) is 0. The van der Waals surface area contributed by atoms with Crippen molar-refractivity contribution in [2.24, 2.45) is 0 Å². The van der Waals surface area contributed by atoms with Crippen molar-refractivity contribution in [2.45, 2.75) is 4.90 Å². The van der Waals surface area contributed by atoms with Crippen molar-refractivity contribution in [3.05, 3.63) is 42.7 Å². The highest BCUT2D eigenvalue weighted by atomic mass is 32.2. The second kappa shape index (κ2) is 5.90. The van der Waals surface area contributed by atoms with Gasteiger partial charge in [0.05, 0.1) is 6.20 Å². The first kappa shape index (κ1) is 14.7. The van der Waals surface area contributed by atoms with Crippen LogP contribution in [0.1, 0.15) is 0 Å². The van der Waals surface area contributed by atoms with Crippen LogP contribution >= 0.6 is 0 Å². The number of aromatic nitrogens is 2. The van der Waals surface area contributed by atoms with E-state index in [1.807, 2.05) is 18.2 Å². The predicted octanol–water partition coefficient (Wildman–Crippen LogP) is 1.05. The lowest BCUT2D eigenvalue weighted by Gasteiger charge is -2.36. The molecular formula is C14H16N4O3S. The zero-order valence-electron chi connectivity index (χ0n) is 11.8. The summed E-state index contributed by atoms with van der Waals surface area (Å²) in [7, 11) is -4.19. The predicted molar refractivity (Wildman–Crippen MR) is 82.7 cm³/mol. The van der Waals surface area contributed by atoms with Gasteiger partial charge in [-0.25, -0.2) is 9.97 Å². The fourth-order valence-electron chi connectivity index (χ4n) is 2.42. The molecule has 3 heterocycles. The van der Waals surface area contributed by atoms with Gasteiger partial charge in [-0.05, 0) is 24.3 Å². The van der Waals surface area contributed by atoms with Gasteiger partial charge in [-0.1, -0.05) is 6.07 Å². The minimum absolute atomic E-state index is 0.191. The van der Waals surface area contributed by atoms with E-state index in [0.717, 1.165) is 32.0 Å². The van der Waals surface area contributed by atoms with Gasteiger partial charge in [0.1, 0.15) is 16.5 Å². The molecule has 0 spiro atoms. The Morgan fingerprint density at radius 1 is 0.909 bits per heavy atom. The van der Waals surface area contributed by atoms with Gasteiger partial charge in [0.25, 0.3) is 10.1 Å². The van der Waals surface area contributed by atoms with Crippen LogP contribution in [0.25, 0.3) is 0 Å². The van der Waals surface area contributed by atoms with E-state index in [1.54, 1.807) is 12.3 Å². The van der Waals surface area contributed by atoms with E-state index >= 15 is 0 Å². The van der Waals surface area contributed by atoms with Crippen LogP contribution in [-0.4, -0.2) is 49.1 Å². The highest BCUT2D eigenvalue weighted by Gasteiger charge is 2.19. The molecule has 1 N–H and O–H groups in total. The molecule has 0 saturated carbocycles. The van der Waals surface area contributed by atoms with E-state index in [0.29, 0.717) is 5.82 Å².